The van der Waals surface area contributed by atoms with Crippen LogP contribution in [0.15, 0.2) is 40.9 Å². The van der Waals surface area contributed by atoms with Gasteiger partial charge in [-0.3, -0.25) is 14.3 Å². The number of carbonyl (C=O) groups is 2. The van der Waals surface area contributed by atoms with Crippen LogP contribution in [-0.4, -0.2) is 28.6 Å². The lowest BCUT2D eigenvalue weighted by Gasteiger charge is -2.14. The maximum Gasteiger partial charge on any atom is 0.291 e. The van der Waals surface area contributed by atoms with E-state index in [0.29, 0.717) is 17.4 Å². The Kier molecular flexibility index (Phi) is 6.25. The predicted molar refractivity (Wildman–Crippen MR) is 113 cm³/mol. The molecule has 30 heavy (non-hydrogen) atoms. The number of benzene rings is 1. The molecule has 0 saturated heterocycles. The summed E-state index contributed by atoms with van der Waals surface area (Å²) in [5, 5.41) is 9.22. The van der Waals surface area contributed by atoms with Crippen molar-refractivity contribution in [2.75, 3.05) is 12.4 Å². The Morgan fingerprint density at radius 2 is 1.97 bits per heavy atom. The molecular formula is C22H26N4O4. The van der Waals surface area contributed by atoms with Gasteiger partial charge in [0.2, 0.25) is 0 Å². The molecule has 0 spiro atoms. The molecule has 8 nitrogen and oxygen atoms in total. The third-order valence-electron chi connectivity index (χ3n) is 4.57. The zero-order valence-electron chi connectivity index (χ0n) is 17.8. The number of amides is 2. The molecule has 158 valence electrons. The number of furan rings is 1. The molecule has 3 rings (SSSR count). The highest BCUT2D eigenvalue weighted by Crippen LogP contribution is 2.28. The minimum Gasteiger partial charge on any atom is -0.485 e. The smallest absolute Gasteiger partial charge is 0.291 e. The van der Waals surface area contributed by atoms with E-state index in [1.54, 1.807) is 25.4 Å². The monoisotopic (exact) mass is 410 g/mol. The molecule has 0 aliphatic heterocycles. The van der Waals surface area contributed by atoms with Crippen LogP contribution in [0.3, 0.4) is 0 Å². The van der Waals surface area contributed by atoms with Gasteiger partial charge < -0.3 is 19.8 Å². The van der Waals surface area contributed by atoms with Gasteiger partial charge in [-0.25, -0.2) is 0 Å². The van der Waals surface area contributed by atoms with Crippen LogP contribution in [0.5, 0.6) is 5.75 Å². The van der Waals surface area contributed by atoms with E-state index in [-0.39, 0.29) is 18.1 Å². The van der Waals surface area contributed by atoms with Gasteiger partial charge in [-0.05, 0) is 42.2 Å². The first kappa shape index (κ1) is 21.2. The molecule has 1 aromatic carbocycles. The predicted octanol–water partition coefficient (Wildman–Crippen LogP) is 3.64. The highest BCUT2D eigenvalue weighted by molar-refractivity contribution is 6.06. The Morgan fingerprint density at radius 1 is 1.20 bits per heavy atom. The normalized spacial score (nSPS) is 10.9. The van der Waals surface area contributed by atoms with Gasteiger partial charge in [0.05, 0.1) is 5.69 Å². The molecule has 2 aromatic heterocycles. The molecule has 2 amide bonds. The number of nitrogens with one attached hydrogen (secondary N) is 2. The largest absolute Gasteiger partial charge is 0.485 e. The van der Waals surface area contributed by atoms with Crippen LogP contribution < -0.4 is 15.4 Å². The maximum absolute atomic E-state index is 12.5. The number of nitrogens with zero attached hydrogens (tertiary/aromatic N) is 2. The number of hydrogen-bond acceptors (Lipinski definition) is 5. The first-order valence-electron chi connectivity index (χ1n) is 9.67. The van der Waals surface area contributed by atoms with Gasteiger partial charge in [-0.15, -0.1) is 0 Å². The molecule has 2 N–H and O–H groups in total. The Bertz CT molecular complexity index is 1070. The summed E-state index contributed by atoms with van der Waals surface area (Å²) in [6, 6.07) is 9.39. The summed E-state index contributed by atoms with van der Waals surface area (Å²) < 4.78 is 13.0. The summed E-state index contributed by atoms with van der Waals surface area (Å²) in [5.41, 5.74) is 2.65. The molecule has 0 fully saturated rings. The number of carbonyl (C=O) groups excluding carboxylic acids is 2. The zero-order valence-corrected chi connectivity index (χ0v) is 17.8. The lowest BCUT2D eigenvalue weighted by Crippen LogP contribution is -2.21. The van der Waals surface area contributed by atoms with E-state index in [9.17, 15) is 9.59 Å². The second-order valence-electron chi connectivity index (χ2n) is 7.35. The third-order valence-corrected chi connectivity index (χ3v) is 4.57. The summed E-state index contributed by atoms with van der Waals surface area (Å²) in [4.78, 5) is 24.5. The number of rotatable bonds is 7. The minimum absolute atomic E-state index is 0.119. The van der Waals surface area contributed by atoms with Crippen molar-refractivity contribution in [3.8, 4) is 5.75 Å². The minimum atomic E-state index is -0.474. The molecular weight excluding hydrogens is 384 g/mol. The summed E-state index contributed by atoms with van der Waals surface area (Å²) in [6.45, 7) is 6.43. The quantitative estimate of drug-likeness (QED) is 0.620. The Labute approximate surface area is 175 Å². The highest BCUT2D eigenvalue weighted by Gasteiger charge is 2.19. The third kappa shape index (κ3) is 4.71. The van der Waals surface area contributed by atoms with Crippen LogP contribution in [-0.2, 0) is 13.7 Å². The van der Waals surface area contributed by atoms with E-state index in [1.807, 2.05) is 13.0 Å². The van der Waals surface area contributed by atoms with Gasteiger partial charge in [0, 0.05) is 20.3 Å². The Balaban J connectivity index is 1.69. The number of aromatic nitrogens is 2. The van der Waals surface area contributed by atoms with Crippen molar-refractivity contribution in [1.29, 1.82) is 0 Å². The van der Waals surface area contributed by atoms with Crippen molar-refractivity contribution < 1.29 is 18.7 Å². The SMILES string of the molecule is CNC(=O)c1nn(C)cc1NC(=O)c1ccc(COc2cc(C)ccc2C(C)C)o1. The first-order chi connectivity index (χ1) is 14.3. The van der Waals surface area contributed by atoms with Crippen molar-refractivity contribution in [3.63, 3.8) is 0 Å². The van der Waals surface area contributed by atoms with Crippen LogP contribution in [0.4, 0.5) is 5.69 Å². The van der Waals surface area contributed by atoms with Crippen molar-refractivity contribution in [2.45, 2.75) is 33.3 Å². The molecule has 0 saturated carbocycles. The topological polar surface area (TPSA) is 98.4 Å². The summed E-state index contributed by atoms with van der Waals surface area (Å²) in [6.07, 6.45) is 1.56. The average Bonchev–Trinajstić information content (AvgIpc) is 3.32. The molecule has 0 unspecified atom stereocenters. The standard InChI is InChI=1S/C22H26N4O4/c1-13(2)16-8-6-14(3)10-19(16)29-12-15-7-9-18(30-15)21(27)24-17-11-26(5)25-20(17)22(28)23-4/h6-11,13H,12H2,1-5H3,(H,23,28)(H,24,27). The molecule has 2 heterocycles. The van der Waals surface area contributed by atoms with E-state index in [1.165, 1.54) is 11.7 Å². The lowest BCUT2D eigenvalue weighted by atomic mass is 10.0. The Hall–Kier alpha value is -3.55. The van der Waals surface area contributed by atoms with E-state index >= 15 is 0 Å². The van der Waals surface area contributed by atoms with E-state index < -0.39 is 11.8 Å². The summed E-state index contributed by atoms with van der Waals surface area (Å²) >= 11 is 0. The van der Waals surface area contributed by atoms with Gasteiger partial charge in [0.1, 0.15) is 18.1 Å². The van der Waals surface area contributed by atoms with E-state index in [2.05, 4.69) is 41.7 Å². The van der Waals surface area contributed by atoms with Crippen molar-refractivity contribution in [3.05, 3.63) is 64.9 Å². The van der Waals surface area contributed by atoms with E-state index in [4.69, 9.17) is 9.15 Å². The molecule has 0 aliphatic rings. The second kappa shape index (κ2) is 8.86. The lowest BCUT2D eigenvalue weighted by molar-refractivity contribution is 0.0958. The van der Waals surface area contributed by atoms with Crippen LogP contribution in [0.25, 0.3) is 0 Å². The number of ether oxygens (including phenoxy) is 1. The van der Waals surface area contributed by atoms with Crippen molar-refractivity contribution in [1.82, 2.24) is 15.1 Å². The Morgan fingerprint density at radius 3 is 2.67 bits per heavy atom. The molecule has 0 atom stereocenters. The molecule has 8 heteroatoms. The number of hydrogen-bond donors (Lipinski definition) is 2. The van der Waals surface area contributed by atoms with Crippen LogP contribution in [0.1, 0.15) is 57.7 Å². The number of anilines is 1. The van der Waals surface area contributed by atoms with Crippen LogP contribution in [0.2, 0.25) is 0 Å². The van der Waals surface area contributed by atoms with Gasteiger partial charge in [-0.1, -0.05) is 26.0 Å². The zero-order chi connectivity index (χ0) is 21.8. The maximum atomic E-state index is 12.5. The first-order valence-corrected chi connectivity index (χ1v) is 9.67. The van der Waals surface area contributed by atoms with Crippen LogP contribution >= 0.6 is 0 Å². The highest BCUT2D eigenvalue weighted by atomic mass is 16.5. The van der Waals surface area contributed by atoms with Crippen molar-refractivity contribution in [2.24, 2.45) is 7.05 Å². The fraction of sp³-hybridized carbons (Fsp3) is 0.318. The summed E-state index contributed by atoms with van der Waals surface area (Å²) in [5.74, 6) is 0.907. The molecule has 3 aromatic rings. The molecule has 0 bridgehead atoms. The van der Waals surface area contributed by atoms with Gasteiger partial charge in [-0.2, -0.15) is 5.10 Å². The van der Waals surface area contributed by atoms with E-state index in [0.717, 1.165) is 16.9 Å². The van der Waals surface area contributed by atoms with Crippen molar-refractivity contribution >= 4 is 17.5 Å². The summed E-state index contributed by atoms with van der Waals surface area (Å²) in [7, 11) is 3.17. The molecule has 0 aliphatic carbocycles. The average molecular weight is 410 g/mol. The van der Waals surface area contributed by atoms with Gasteiger partial charge in [0.25, 0.3) is 11.8 Å². The van der Waals surface area contributed by atoms with Crippen LogP contribution in [0, 0.1) is 6.92 Å². The van der Waals surface area contributed by atoms with Gasteiger partial charge in [0.15, 0.2) is 11.5 Å². The fourth-order valence-electron chi connectivity index (χ4n) is 3.02. The van der Waals surface area contributed by atoms with Gasteiger partial charge >= 0.3 is 0 Å². The number of aryl methyl sites for hydroxylation is 2. The fourth-order valence-corrected chi connectivity index (χ4v) is 3.02. The molecule has 0 radical (unpaired) electrons. The second-order valence-corrected chi connectivity index (χ2v) is 7.35.